The van der Waals surface area contributed by atoms with Gasteiger partial charge in [-0.25, -0.2) is 4.79 Å². The number of nitrogens with two attached hydrogens (primary N) is 1. The first-order valence-corrected chi connectivity index (χ1v) is 7.62. The number of aliphatic hydroxyl groups is 3. The van der Waals surface area contributed by atoms with Crippen LogP contribution in [0.15, 0.2) is 15.8 Å². The first-order valence-electron chi connectivity index (χ1n) is 7.62. The first-order chi connectivity index (χ1) is 11.5. The minimum absolute atomic E-state index is 0.275. The van der Waals surface area contributed by atoms with Crippen LogP contribution in [0.3, 0.4) is 0 Å². The van der Waals surface area contributed by atoms with Gasteiger partial charge in [-0.05, 0) is 12.8 Å². The third kappa shape index (κ3) is 3.92. The summed E-state index contributed by atoms with van der Waals surface area (Å²) in [6, 6.07) is 0. The molecule has 4 atom stereocenters. The molecule has 0 saturated carbocycles. The van der Waals surface area contributed by atoms with Crippen LogP contribution >= 0.6 is 0 Å². The molecular weight excluding hydrogens is 318 g/mol. The van der Waals surface area contributed by atoms with Gasteiger partial charge in [-0.2, -0.15) is 0 Å². The summed E-state index contributed by atoms with van der Waals surface area (Å²) >= 11 is 0. The molecule has 0 aliphatic carbocycles. The maximum atomic E-state index is 12.0. The fraction of sp³-hybridized carbons (Fsp3) is 0.600. The summed E-state index contributed by atoms with van der Waals surface area (Å²) in [6.07, 6.45) is -2.06. The van der Waals surface area contributed by atoms with Gasteiger partial charge >= 0.3 is 5.69 Å². The molecule has 132 valence electrons. The van der Waals surface area contributed by atoms with Crippen LogP contribution in [0, 0.1) is 11.8 Å². The zero-order valence-corrected chi connectivity index (χ0v) is 13.0. The molecule has 1 aliphatic rings. The number of hydrogen-bond donors (Lipinski definition) is 5. The lowest BCUT2D eigenvalue weighted by molar-refractivity contribution is -0.0551. The highest BCUT2D eigenvalue weighted by molar-refractivity contribution is 5.07. The average Bonchev–Trinajstić information content (AvgIpc) is 2.84. The largest absolute Gasteiger partial charge is 0.394 e. The number of rotatable bonds is 5. The highest BCUT2D eigenvalue weighted by atomic mass is 16.6. The second kappa shape index (κ2) is 8.23. The van der Waals surface area contributed by atoms with E-state index < -0.39 is 42.4 Å². The van der Waals surface area contributed by atoms with Gasteiger partial charge in [-0.1, -0.05) is 5.92 Å². The van der Waals surface area contributed by atoms with Gasteiger partial charge < -0.3 is 25.8 Å². The molecule has 9 nitrogen and oxygen atoms in total. The lowest BCUT2D eigenvalue weighted by atomic mass is 10.1. The number of aliphatic hydroxyl groups excluding tert-OH is 3. The van der Waals surface area contributed by atoms with E-state index in [9.17, 15) is 19.8 Å². The topological polar surface area (TPSA) is 151 Å². The van der Waals surface area contributed by atoms with Crippen LogP contribution < -0.4 is 17.0 Å². The highest BCUT2D eigenvalue weighted by Crippen LogP contribution is 2.28. The Hall–Kier alpha value is -1.96. The second-order valence-electron chi connectivity index (χ2n) is 5.46. The highest BCUT2D eigenvalue weighted by Gasteiger charge is 2.43. The summed E-state index contributed by atoms with van der Waals surface area (Å²) in [5, 5.41) is 28.9. The lowest BCUT2D eigenvalue weighted by Crippen LogP contribution is -2.38. The summed E-state index contributed by atoms with van der Waals surface area (Å²) in [6.45, 7) is -0.226. The van der Waals surface area contributed by atoms with E-state index in [1.807, 2.05) is 0 Å². The average molecular weight is 339 g/mol. The molecule has 0 radical (unpaired) electrons. The lowest BCUT2D eigenvalue weighted by Gasteiger charge is -2.17. The van der Waals surface area contributed by atoms with E-state index in [4.69, 9.17) is 15.6 Å². The van der Waals surface area contributed by atoms with E-state index in [0.717, 1.165) is 4.57 Å². The van der Waals surface area contributed by atoms with Gasteiger partial charge in [0, 0.05) is 18.2 Å². The molecule has 0 amide bonds. The van der Waals surface area contributed by atoms with E-state index in [2.05, 4.69) is 16.8 Å². The van der Waals surface area contributed by atoms with Crippen molar-refractivity contribution in [2.45, 2.75) is 43.8 Å². The first kappa shape index (κ1) is 18.4. The van der Waals surface area contributed by atoms with Gasteiger partial charge in [-0.15, -0.1) is 5.92 Å². The Bertz CT molecular complexity index is 731. The Morgan fingerprint density at radius 1 is 1.29 bits per heavy atom. The number of nitrogens with one attached hydrogen (secondary N) is 1. The summed E-state index contributed by atoms with van der Waals surface area (Å²) in [7, 11) is 0. The smallest absolute Gasteiger partial charge is 0.330 e. The van der Waals surface area contributed by atoms with Crippen molar-refractivity contribution in [1.29, 1.82) is 0 Å². The number of ether oxygens (including phenoxy) is 1. The van der Waals surface area contributed by atoms with Gasteiger partial charge in [0.25, 0.3) is 5.56 Å². The summed E-state index contributed by atoms with van der Waals surface area (Å²) < 4.78 is 6.33. The fourth-order valence-electron chi connectivity index (χ4n) is 2.53. The third-order valence-corrected chi connectivity index (χ3v) is 3.81. The monoisotopic (exact) mass is 339 g/mol. The summed E-state index contributed by atoms with van der Waals surface area (Å²) in [5.41, 5.74) is 4.31. The summed E-state index contributed by atoms with van der Waals surface area (Å²) in [5.74, 6) is 5.57. The molecule has 1 aromatic heterocycles. The fourth-order valence-corrected chi connectivity index (χ4v) is 2.53. The Labute approximate surface area is 137 Å². The van der Waals surface area contributed by atoms with Crippen LogP contribution in [-0.2, 0) is 11.2 Å². The molecule has 2 rings (SSSR count). The van der Waals surface area contributed by atoms with Crippen LogP contribution in [0.5, 0.6) is 0 Å². The molecular formula is C15H21N3O6. The number of hydrogen-bond acceptors (Lipinski definition) is 7. The van der Waals surface area contributed by atoms with Crippen molar-refractivity contribution in [3.8, 4) is 11.8 Å². The Morgan fingerprint density at radius 3 is 2.67 bits per heavy atom. The van der Waals surface area contributed by atoms with E-state index in [0.29, 0.717) is 24.8 Å². The molecule has 9 heteroatoms. The zero-order chi connectivity index (χ0) is 17.7. The maximum absolute atomic E-state index is 12.0. The SMILES string of the molecule is NCC#CCCCc1cn([C@H]2O[C@@H](CO)C(O)C2O)c(=O)[nH]c1=O. The number of aryl methyl sites for hydroxylation is 1. The van der Waals surface area contributed by atoms with Crippen molar-refractivity contribution < 1.29 is 20.1 Å². The van der Waals surface area contributed by atoms with E-state index in [1.165, 1.54) is 6.20 Å². The Morgan fingerprint density at radius 2 is 2.04 bits per heavy atom. The predicted octanol–water partition coefficient (Wildman–Crippen LogP) is -2.57. The second-order valence-corrected chi connectivity index (χ2v) is 5.46. The van der Waals surface area contributed by atoms with Crippen LogP contribution in [0.25, 0.3) is 0 Å². The van der Waals surface area contributed by atoms with Crippen LogP contribution in [-0.4, -0.2) is 56.3 Å². The normalized spacial score (nSPS) is 26.2. The van der Waals surface area contributed by atoms with Crippen molar-refractivity contribution in [3.05, 3.63) is 32.6 Å². The van der Waals surface area contributed by atoms with Gasteiger partial charge in [0.15, 0.2) is 6.23 Å². The predicted molar refractivity (Wildman–Crippen MR) is 84.1 cm³/mol. The van der Waals surface area contributed by atoms with Crippen LogP contribution in [0.2, 0.25) is 0 Å². The minimum atomic E-state index is -1.39. The van der Waals surface area contributed by atoms with Crippen molar-refractivity contribution in [1.82, 2.24) is 9.55 Å². The van der Waals surface area contributed by atoms with Gasteiger partial charge in [0.05, 0.1) is 13.2 Å². The number of H-pyrrole nitrogens is 1. The molecule has 0 bridgehead atoms. The van der Waals surface area contributed by atoms with E-state index in [-0.39, 0.29) is 6.54 Å². The van der Waals surface area contributed by atoms with Gasteiger partial charge in [0.2, 0.25) is 0 Å². The number of nitrogens with zero attached hydrogens (tertiary/aromatic N) is 1. The minimum Gasteiger partial charge on any atom is -0.394 e. The van der Waals surface area contributed by atoms with Crippen molar-refractivity contribution in [2.24, 2.45) is 5.73 Å². The van der Waals surface area contributed by atoms with Crippen molar-refractivity contribution in [3.63, 3.8) is 0 Å². The number of aromatic nitrogens is 2. The van der Waals surface area contributed by atoms with Crippen molar-refractivity contribution in [2.75, 3.05) is 13.2 Å². The van der Waals surface area contributed by atoms with Gasteiger partial charge in [-0.3, -0.25) is 14.3 Å². The number of aromatic amines is 1. The quantitative estimate of drug-likeness (QED) is 0.292. The van der Waals surface area contributed by atoms with Crippen molar-refractivity contribution >= 4 is 0 Å². The molecule has 1 saturated heterocycles. The summed E-state index contributed by atoms with van der Waals surface area (Å²) in [4.78, 5) is 26.0. The zero-order valence-electron chi connectivity index (χ0n) is 13.0. The third-order valence-electron chi connectivity index (χ3n) is 3.81. The van der Waals surface area contributed by atoms with E-state index >= 15 is 0 Å². The van der Waals surface area contributed by atoms with Crippen LogP contribution in [0.4, 0.5) is 0 Å². The molecule has 0 spiro atoms. The Kier molecular flexibility index (Phi) is 6.30. The molecule has 6 N–H and O–H groups in total. The standard InChI is InChI=1S/C15H21N3O6/c16-6-4-2-1-3-5-9-7-18(15(23)17-13(9)22)14-12(21)11(20)10(8-19)24-14/h7,10-12,14,19-21H,1,3,5-6,8,16H2,(H,17,22,23)/t10-,11?,12?,14-/m0/s1. The molecule has 0 aromatic carbocycles. The molecule has 24 heavy (non-hydrogen) atoms. The molecule has 2 unspecified atom stereocenters. The molecule has 1 fully saturated rings. The Balaban J connectivity index is 2.20. The molecule has 1 aromatic rings. The van der Waals surface area contributed by atoms with Crippen LogP contribution in [0.1, 0.15) is 24.6 Å². The van der Waals surface area contributed by atoms with E-state index in [1.54, 1.807) is 0 Å². The maximum Gasteiger partial charge on any atom is 0.330 e. The molecule has 2 heterocycles. The molecule has 1 aliphatic heterocycles. The number of unbranched alkanes of at least 4 members (excludes halogenated alkanes) is 1. The van der Waals surface area contributed by atoms with Gasteiger partial charge in [0.1, 0.15) is 18.3 Å².